The highest BCUT2D eigenvalue weighted by atomic mass is 31.2. The van der Waals surface area contributed by atoms with E-state index < -0.39 is 15.3 Å². The van der Waals surface area contributed by atoms with Crippen molar-refractivity contribution >= 4 is 31.2 Å². The van der Waals surface area contributed by atoms with E-state index >= 15 is 0 Å². The van der Waals surface area contributed by atoms with Crippen LogP contribution in [0.5, 0.6) is 0 Å². The molecule has 0 heterocycles. The van der Waals surface area contributed by atoms with Crippen LogP contribution >= 0.6 is 7.26 Å². The molecular weight excluding hydrogens is 375 g/mol. The van der Waals surface area contributed by atoms with E-state index in [0.717, 1.165) is 12.8 Å². The van der Waals surface area contributed by atoms with Gasteiger partial charge < -0.3 is 4.74 Å². The molecule has 0 aliphatic rings. The van der Waals surface area contributed by atoms with Gasteiger partial charge in [0.25, 0.3) is 0 Å². The molecule has 0 saturated carbocycles. The zero-order valence-electron chi connectivity index (χ0n) is 17.5. The molecule has 1 atom stereocenters. The maximum absolute atomic E-state index is 6.42. The third-order valence-electron chi connectivity index (χ3n) is 5.36. The Morgan fingerprint density at radius 3 is 1.32 bits per heavy atom. The Morgan fingerprint density at radius 1 is 0.679 bits per heavy atom. The van der Waals surface area contributed by atoms with Crippen molar-refractivity contribution < 1.29 is 4.74 Å². The van der Waals surface area contributed by atoms with Crippen LogP contribution in [0.25, 0.3) is 0 Å². The average Bonchev–Trinajstić information content (AvgIpc) is 2.72. The van der Waals surface area contributed by atoms with Gasteiger partial charge in [-0.15, -0.1) is 0 Å². The van der Waals surface area contributed by atoms with Crippen LogP contribution in [0.1, 0.15) is 6.92 Å². The van der Waals surface area contributed by atoms with Gasteiger partial charge in [0.15, 0.2) is 0 Å². The molecule has 28 heavy (non-hydrogen) atoms. The first-order valence-electron chi connectivity index (χ1n) is 10.1. The fraction of sp³-hybridized carbons (Fsp3) is 0.280. The summed E-state index contributed by atoms with van der Waals surface area (Å²) in [5, 5.41) is 4.32. The fourth-order valence-electron chi connectivity index (χ4n) is 3.84. The number of rotatable bonds is 8. The third kappa shape index (κ3) is 4.46. The predicted molar refractivity (Wildman–Crippen MR) is 129 cm³/mol. The van der Waals surface area contributed by atoms with Crippen molar-refractivity contribution in [3.8, 4) is 0 Å². The molecule has 1 nitrogen and oxygen atoms in total. The molecule has 0 N–H and O–H groups in total. The topological polar surface area (TPSA) is 9.23 Å². The van der Waals surface area contributed by atoms with Crippen LogP contribution in [0, 0.1) is 0 Å². The van der Waals surface area contributed by atoms with Crippen molar-refractivity contribution in [1.29, 1.82) is 0 Å². The van der Waals surface area contributed by atoms with Gasteiger partial charge in [-0.1, -0.05) is 74.2 Å². The van der Waals surface area contributed by atoms with Crippen LogP contribution in [0.3, 0.4) is 0 Å². The van der Waals surface area contributed by atoms with Crippen LogP contribution in [0.2, 0.25) is 19.6 Å². The van der Waals surface area contributed by atoms with Crippen LogP contribution in [0.4, 0.5) is 0 Å². The molecule has 0 aliphatic carbocycles. The molecule has 0 aliphatic heterocycles. The van der Waals surface area contributed by atoms with E-state index in [1.54, 1.807) is 0 Å². The maximum atomic E-state index is 6.42. The summed E-state index contributed by atoms with van der Waals surface area (Å²) in [5.74, 6) is 0. The van der Waals surface area contributed by atoms with Crippen LogP contribution in [-0.4, -0.2) is 26.6 Å². The van der Waals surface area contributed by atoms with Crippen molar-refractivity contribution in [2.75, 3.05) is 12.8 Å². The molecule has 3 aromatic carbocycles. The summed E-state index contributed by atoms with van der Waals surface area (Å²) in [7, 11) is -3.34. The lowest BCUT2D eigenvalue weighted by Gasteiger charge is -2.35. The molecule has 3 rings (SSSR count). The Balaban J connectivity index is 2.28. The zero-order valence-corrected chi connectivity index (χ0v) is 19.4. The smallest absolute Gasteiger partial charge is 0.114 e. The summed E-state index contributed by atoms with van der Waals surface area (Å²) in [5.41, 5.74) is 0.312. The van der Waals surface area contributed by atoms with Crippen LogP contribution < -0.4 is 15.9 Å². The second-order valence-corrected chi connectivity index (χ2v) is 17.2. The summed E-state index contributed by atoms with van der Waals surface area (Å²) < 4.78 is 6.42. The Morgan fingerprint density at radius 2 is 1.04 bits per heavy atom. The molecule has 3 heteroatoms. The monoisotopic (exact) mass is 407 g/mol. The van der Waals surface area contributed by atoms with Gasteiger partial charge in [0.2, 0.25) is 0 Å². The lowest BCUT2D eigenvalue weighted by atomic mass is 10.4. The summed E-state index contributed by atoms with van der Waals surface area (Å²) in [6.45, 7) is 10.2. The fourth-order valence-corrected chi connectivity index (χ4v) is 11.7. The van der Waals surface area contributed by atoms with E-state index in [1.807, 2.05) is 0 Å². The Labute approximate surface area is 172 Å². The van der Waals surface area contributed by atoms with E-state index in [4.69, 9.17) is 4.74 Å². The van der Waals surface area contributed by atoms with Crippen molar-refractivity contribution in [2.45, 2.75) is 32.3 Å². The molecule has 0 fully saturated rings. The highest BCUT2D eigenvalue weighted by Crippen LogP contribution is 2.56. The molecular formula is C25H32OPSi+. The summed E-state index contributed by atoms with van der Waals surface area (Å²) in [6.07, 6.45) is 1.06. The Hall–Kier alpha value is -1.73. The molecule has 0 aromatic heterocycles. The van der Waals surface area contributed by atoms with Gasteiger partial charge in [-0.25, -0.2) is 0 Å². The third-order valence-corrected chi connectivity index (χ3v) is 12.4. The molecule has 0 bridgehead atoms. The Bertz CT molecular complexity index is 747. The first kappa shape index (κ1) is 21.0. The van der Waals surface area contributed by atoms with E-state index in [2.05, 4.69) is 118 Å². The predicted octanol–water partition coefficient (Wildman–Crippen LogP) is 5.26. The summed E-state index contributed by atoms with van der Waals surface area (Å²) >= 11 is 0. The lowest BCUT2D eigenvalue weighted by Crippen LogP contribution is -2.48. The quantitative estimate of drug-likeness (QED) is 0.365. The minimum absolute atomic E-state index is 0.312. The average molecular weight is 408 g/mol. The highest BCUT2D eigenvalue weighted by molar-refractivity contribution is 7.95. The summed E-state index contributed by atoms with van der Waals surface area (Å²) in [4.78, 5) is 0. The standard InChI is InChI=1S/C25H32OPSi/c1-5-26-25(28(2,3)4)21-27(22-15-9-6-10-16-22,23-17-11-7-12-18-23)24-19-13-8-14-20-24/h6-20,25H,5,21H2,1-4H3/q+1. The SMILES string of the molecule is CCOC(C[P+](c1ccccc1)(c1ccccc1)c1ccccc1)[Si](C)(C)C. The first-order valence-corrected chi connectivity index (χ1v) is 15.7. The summed E-state index contributed by atoms with van der Waals surface area (Å²) in [6, 6.07) is 33.4. The van der Waals surface area contributed by atoms with Crippen LogP contribution in [-0.2, 0) is 4.74 Å². The normalized spacial score (nSPS) is 13.3. The van der Waals surface area contributed by atoms with Gasteiger partial charge in [0.1, 0.15) is 23.2 Å². The minimum atomic E-state index is -1.83. The number of hydrogen-bond donors (Lipinski definition) is 0. The van der Waals surface area contributed by atoms with E-state index in [0.29, 0.717) is 5.73 Å². The molecule has 0 spiro atoms. The highest BCUT2D eigenvalue weighted by Gasteiger charge is 2.49. The maximum Gasteiger partial charge on any atom is 0.114 e. The molecule has 0 saturated heterocycles. The Kier molecular flexibility index (Phi) is 6.88. The van der Waals surface area contributed by atoms with Gasteiger partial charge in [0.05, 0.1) is 20.0 Å². The zero-order chi connectivity index (χ0) is 20.0. The molecule has 1 unspecified atom stereocenters. The van der Waals surface area contributed by atoms with Gasteiger partial charge in [-0.3, -0.25) is 0 Å². The number of benzene rings is 3. The van der Waals surface area contributed by atoms with Crippen molar-refractivity contribution in [1.82, 2.24) is 0 Å². The van der Waals surface area contributed by atoms with Gasteiger partial charge in [0, 0.05) is 6.61 Å². The number of ether oxygens (including phenoxy) is 1. The van der Waals surface area contributed by atoms with Crippen molar-refractivity contribution in [3.05, 3.63) is 91.0 Å². The van der Waals surface area contributed by atoms with E-state index in [-0.39, 0.29) is 0 Å². The number of hydrogen-bond acceptors (Lipinski definition) is 1. The first-order chi connectivity index (χ1) is 13.5. The molecule has 0 radical (unpaired) electrons. The van der Waals surface area contributed by atoms with Gasteiger partial charge in [-0.05, 0) is 43.3 Å². The molecule has 146 valence electrons. The largest absolute Gasteiger partial charge is 0.378 e. The van der Waals surface area contributed by atoms with Gasteiger partial charge in [-0.2, -0.15) is 0 Å². The molecule has 3 aromatic rings. The van der Waals surface area contributed by atoms with E-state index in [1.165, 1.54) is 15.9 Å². The second kappa shape index (κ2) is 9.18. The minimum Gasteiger partial charge on any atom is -0.378 e. The van der Waals surface area contributed by atoms with Crippen molar-refractivity contribution in [2.24, 2.45) is 0 Å². The van der Waals surface area contributed by atoms with Crippen molar-refractivity contribution in [3.63, 3.8) is 0 Å². The van der Waals surface area contributed by atoms with Crippen LogP contribution in [0.15, 0.2) is 91.0 Å². The second-order valence-electron chi connectivity index (χ2n) is 8.31. The molecule has 0 amide bonds. The lowest BCUT2D eigenvalue weighted by molar-refractivity contribution is 0.126. The van der Waals surface area contributed by atoms with Gasteiger partial charge >= 0.3 is 0 Å². The van der Waals surface area contributed by atoms with E-state index in [9.17, 15) is 0 Å².